The molecular weight excluding hydrogens is 198 g/mol. The highest BCUT2D eigenvalue weighted by Gasteiger charge is 2.45. The van der Waals surface area contributed by atoms with Crippen molar-refractivity contribution in [2.45, 2.75) is 43.9 Å². The lowest BCUT2D eigenvalue weighted by molar-refractivity contribution is 0.0780. The van der Waals surface area contributed by atoms with Crippen LogP contribution in [0.2, 0.25) is 0 Å². The highest BCUT2D eigenvalue weighted by atomic mass is 16.5. The van der Waals surface area contributed by atoms with Gasteiger partial charge in [0.1, 0.15) is 0 Å². The third kappa shape index (κ3) is 1.87. The Hall–Kier alpha value is -0.860. The van der Waals surface area contributed by atoms with Crippen LogP contribution in [0.1, 0.15) is 36.8 Å². The Bertz CT molecular complexity index is 380. The van der Waals surface area contributed by atoms with Gasteiger partial charge in [0.2, 0.25) is 0 Å². The van der Waals surface area contributed by atoms with Gasteiger partial charge in [-0.15, -0.1) is 0 Å². The number of benzene rings is 1. The molecule has 0 amide bonds. The van der Waals surface area contributed by atoms with E-state index in [1.165, 1.54) is 36.8 Å². The Morgan fingerprint density at radius 3 is 2.69 bits per heavy atom. The standard InChI is InChI=1S/C14H19NO/c1-16-14(8-9-14)13-5-3-2-4-11(13)10-15-12-6-7-12/h2-5,12,15H,6-10H2,1H3. The minimum absolute atomic E-state index is 0.0435. The van der Waals surface area contributed by atoms with E-state index >= 15 is 0 Å². The van der Waals surface area contributed by atoms with Gasteiger partial charge >= 0.3 is 0 Å². The summed E-state index contributed by atoms with van der Waals surface area (Å²) < 4.78 is 5.67. The molecule has 2 nitrogen and oxygen atoms in total. The zero-order valence-corrected chi connectivity index (χ0v) is 9.83. The Labute approximate surface area is 97.0 Å². The molecule has 86 valence electrons. The molecule has 16 heavy (non-hydrogen) atoms. The first-order valence-corrected chi connectivity index (χ1v) is 6.21. The van der Waals surface area contributed by atoms with Gasteiger partial charge in [-0.3, -0.25) is 0 Å². The summed E-state index contributed by atoms with van der Waals surface area (Å²) in [6, 6.07) is 9.46. The van der Waals surface area contributed by atoms with Gasteiger partial charge < -0.3 is 10.1 Å². The molecule has 0 heterocycles. The minimum atomic E-state index is 0.0435. The fourth-order valence-electron chi connectivity index (χ4n) is 2.36. The molecule has 2 heteroatoms. The van der Waals surface area contributed by atoms with Crippen LogP contribution in [0.15, 0.2) is 24.3 Å². The van der Waals surface area contributed by atoms with Crippen molar-refractivity contribution in [3.8, 4) is 0 Å². The van der Waals surface area contributed by atoms with Crippen LogP contribution in [0.4, 0.5) is 0 Å². The molecule has 0 atom stereocenters. The first kappa shape index (κ1) is 10.3. The maximum absolute atomic E-state index is 5.67. The first-order chi connectivity index (χ1) is 7.84. The fourth-order valence-corrected chi connectivity index (χ4v) is 2.36. The Kier molecular flexibility index (Phi) is 2.49. The molecular formula is C14H19NO. The van der Waals surface area contributed by atoms with Gasteiger partial charge in [-0.25, -0.2) is 0 Å². The number of ether oxygens (including phenoxy) is 1. The SMILES string of the molecule is COC1(c2ccccc2CNC2CC2)CC1. The van der Waals surface area contributed by atoms with E-state index in [9.17, 15) is 0 Å². The summed E-state index contributed by atoms with van der Waals surface area (Å²) in [5, 5.41) is 3.58. The number of methoxy groups -OCH3 is 1. The molecule has 1 N–H and O–H groups in total. The smallest absolute Gasteiger partial charge is 0.0933 e. The van der Waals surface area contributed by atoms with Crippen LogP contribution in [-0.4, -0.2) is 13.2 Å². The predicted molar refractivity (Wildman–Crippen MR) is 64.2 cm³/mol. The van der Waals surface area contributed by atoms with Crippen molar-refractivity contribution in [2.75, 3.05) is 7.11 Å². The van der Waals surface area contributed by atoms with E-state index in [4.69, 9.17) is 4.74 Å². The van der Waals surface area contributed by atoms with Gasteiger partial charge in [-0.05, 0) is 36.8 Å². The molecule has 2 aliphatic rings. The Balaban J connectivity index is 1.79. The Morgan fingerprint density at radius 2 is 2.06 bits per heavy atom. The van der Waals surface area contributed by atoms with E-state index in [2.05, 4.69) is 29.6 Å². The van der Waals surface area contributed by atoms with Crippen LogP contribution in [0.3, 0.4) is 0 Å². The zero-order chi connectivity index (χ0) is 11.0. The van der Waals surface area contributed by atoms with E-state index in [-0.39, 0.29) is 5.60 Å². The van der Waals surface area contributed by atoms with Crippen LogP contribution in [0.5, 0.6) is 0 Å². The van der Waals surface area contributed by atoms with Crippen LogP contribution in [0.25, 0.3) is 0 Å². The molecule has 1 aromatic rings. The second kappa shape index (κ2) is 3.86. The molecule has 2 fully saturated rings. The molecule has 0 saturated heterocycles. The molecule has 0 radical (unpaired) electrons. The van der Waals surface area contributed by atoms with E-state index in [1.807, 2.05) is 7.11 Å². The lowest BCUT2D eigenvalue weighted by atomic mass is 10.0. The molecule has 0 bridgehead atoms. The second-order valence-corrected chi connectivity index (χ2v) is 5.01. The third-order valence-corrected chi connectivity index (χ3v) is 3.76. The number of hydrogen-bond donors (Lipinski definition) is 1. The average molecular weight is 217 g/mol. The van der Waals surface area contributed by atoms with Crippen molar-refractivity contribution in [2.24, 2.45) is 0 Å². The molecule has 0 aliphatic heterocycles. The number of rotatable bonds is 5. The fraction of sp³-hybridized carbons (Fsp3) is 0.571. The van der Waals surface area contributed by atoms with Crippen molar-refractivity contribution in [1.82, 2.24) is 5.32 Å². The lowest BCUT2D eigenvalue weighted by Gasteiger charge is -2.18. The van der Waals surface area contributed by atoms with Crippen LogP contribution in [-0.2, 0) is 16.9 Å². The average Bonchev–Trinajstić information content (AvgIpc) is 3.21. The lowest BCUT2D eigenvalue weighted by Crippen LogP contribution is -2.19. The summed E-state index contributed by atoms with van der Waals surface area (Å²) >= 11 is 0. The molecule has 2 aliphatic carbocycles. The maximum Gasteiger partial charge on any atom is 0.0933 e. The van der Waals surface area contributed by atoms with Gasteiger partial charge in [0.25, 0.3) is 0 Å². The number of nitrogens with one attached hydrogen (secondary N) is 1. The van der Waals surface area contributed by atoms with Gasteiger partial charge in [-0.1, -0.05) is 24.3 Å². The topological polar surface area (TPSA) is 21.3 Å². The second-order valence-electron chi connectivity index (χ2n) is 5.01. The molecule has 1 aromatic carbocycles. The van der Waals surface area contributed by atoms with Crippen molar-refractivity contribution in [3.63, 3.8) is 0 Å². The predicted octanol–water partition coefficient (Wildman–Crippen LogP) is 2.57. The van der Waals surface area contributed by atoms with Crippen molar-refractivity contribution < 1.29 is 4.74 Å². The summed E-state index contributed by atoms with van der Waals surface area (Å²) in [7, 11) is 1.83. The van der Waals surface area contributed by atoms with Gasteiger partial charge in [-0.2, -0.15) is 0 Å². The summed E-state index contributed by atoms with van der Waals surface area (Å²) in [4.78, 5) is 0. The minimum Gasteiger partial charge on any atom is -0.374 e. The summed E-state index contributed by atoms with van der Waals surface area (Å²) in [6.45, 7) is 0.992. The zero-order valence-electron chi connectivity index (χ0n) is 9.83. The third-order valence-electron chi connectivity index (χ3n) is 3.76. The van der Waals surface area contributed by atoms with Crippen molar-refractivity contribution in [3.05, 3.63) is 35.4 Å². The van der Waals surface area contributed by atoms with Crippen molar-refractivity contribution in [1.29, 1.82) is 0 Å². The van der Waals surface area contributed by atoms with Gasteiger partial charge in [0, 0.05) is 19.7 Å². The van der Waals surface area contributed by atoms with Crippen LogP contribution in [0, 0.1) is 0 Å². The maximum atomic E-state index is 5.67. The van der Waals surface area contributed by atoms with Gasteiger partial charge in [0.05, 0.1) is 5.60 Å². The molecule has 2 saturated carbocycles. The van der Waals surface area contributed by atoms with Crippen molar-refractivity contribution >= 4 is 0 Å². The van der Waals surface area contributed by atoms with E-state index < -0.39 is 0 Å². The quantitative estimate of drug-likeness (QED) is 0.818. The number of hydrogen-bond acceptors (Lipinski definition) is 2. The summed E-state index contributed by atoms with van der Waals surface area (Å²) in [5.74, 6) is 0. The monoisotopic (exact) mass is 217 g/mol. The largest absolute Gasteiger partial charge is 0.374 e. The van der Waals surface area contributed by atoms with E-state index in [1.54, 1.807) is 0 Å². The molecule has 0 aromatic heterocycles. The molecule has 0 unspecified atom stereocenters. The van der Waals surface area contributed by atoms with E-state index in [0.717, 1.165) is 12.6 Å². The first-order valence-electron chi connectivity index (χ1n) is 6.21. The summed E-state index contributed by atoms with van der Waals surface area (Å²) in [5.41, 5.74) is 2.85. The highest BCUT2D eigenvalue weighted by Crippen LogP contribution is 2.49. The van der Waals surface area contributed by atoms with Crippen LogP contribution >= 0.6 is 0 Å². The Morgan fingerprint density at radius 1 is 1.31 bits per heavy atom. The highest BCUT2D eigenvalue weighted by molar-refractivity contribution is 5.36. The molecule has 0 spiro atoms. The summed E-state index contributed by atoms with van der Waals surface area (Å²) in [6.07, 6.45) is 5.03. The normalized spacial score (nSPS) is 22.1. The van der Waals surface area contributed by atoms with Gasteiger partial charge in [0.15, 0.2) is 0 Å². The van der Waals surface area contributed by atoms with Crippen LogP contribution < -0.4 is 5.32 Å². The van der Waals surface area contributed by atoms with E-state index in [0.29, 0.717) is 0 Å². The molecule has 3 rings (SSSR count).